The topological polar surface area (TPSA) is 102 Å². The van der Waals surface area contributed by atoms with Crippen LogP contribution in [-0.4, -0.2) is 35.0 Å². The summed E-state index contributed by atoms with van der Waals surface area (Å²) >= 11 is 0. The number of nitrogens with one attached hydrogen (secondary N) is 1. The molecule has 3 aromatic rings. The standard InChI is InChI=1S/C27H27N3O4/c1-16(24(28)31)14-30-15-23-21(25(30)32)11-10-17-8-9-19(13-22(17)23)18-6-5-7-20(12-18)29-26(33)34-27(2,3)4/h5-13H,1,14-15H2,2-4H3,(H2,28,31)(H,29,33). The lowest BCUT2D eigenvalue weighted by Crippen LogP contribution is -2.30. The van der Waals surface area contributed by atoms with Crippen molar-refractivity contribution in [2.24, 2.45) is 5.73 Å². The van der Waals surface area contributed by atoms with E-state index >= 15 is 0 Å². The fourth-order valence-electron chi connectivity index (χ4n) is 4.00. The number of anilines is 1. The van der Waals surface area contributed by atoms with Crippen molar-refractivity contribution in [3.05, 3.63) is 77.9 Å². The Kier molecular flexibility index (Phi) is 5.87. The summed E-state index contributed by atoms with van der Waals surface area (Å²) in [5.74, 6) is -0.760. The lowest BCUT2D eigenvalue weighted by molar-refractivity contribution is -0.114. The van der Waals surface area contributed by atoms with Gasteiger partial charge in [0.25, 0.3) is 5.91 Å². The molecule has 0 aliphatic carbocycles. The van der Waals surface area contributed by atoms with E-state index in [0.29, 0.717) is 17.8 Å². The first-order chi connectivity index (χ1) is 16.0. The summed E-state index contributed by atoms with van der Waals surface area (Å²) in [7, 11) is 0. The van der Waals surface area contributed by atoms with Crippen molar-refractivity contribution in [2.45, 2.75) is 32.9 Å². The van der Waals surface area contributed by atoms with E-state index < -0.39 is 17.6 Å². The van der Waals surface area contributed by atoms with Crippen molar-refractivity contribution in [1.82, 2.24) is 4.90 Å². The third kappa shape index (κ3) is 4.78. The van der Waals surface area contributed by atoms with E-state index in [0.717, 1.165) is 27.5 Å². The van der Waals surface area contributed by atoms with E-state index in [9.17, 15) is 14.4 Å². The van der Waals surface area contributed by atoms with Crippen LogP contribution in [0.5, 0.6) is 0 Å². The first-order valence-corrected chi connectivity index (χ1v) is 10.9. The van der Waals surface area contributed by atoms with Crippen LogP contribution in [0.15, 0.2) is 66.7 Å². The number of nitrogens with zero attached hydrogens (tertiary/aromatic N) is 1. The molecule has 0 spiro atoms. The summed E-state index contributed by atoms with van der Waals surface area (Å²) in [5, 5.41) is 4.74. The molecule has 3 aromatic carbocycles. The van der Waals surface area contributed by atoms with E-state index in [-0.39, 0.29) is 18.0 Å². The van der Waals surface area contributed by atoms with E-state index in [1.54, 1.807) is 11.0 Å². The summed E-state index contributed by atoms with van der Waals surface area (Å²) in [6, 6.07) is 17.3. The fourth-order valence-corrected chi connectivity index (χ4v) is 4.00. The summed E-state index contributed by atoms with van der Waals surface area (Å²) < 4.78 is 5.34. The summed E-state index contributed by atoms with van der Waals surface area (Å²) in [6.07, 6.45) is -0.517. The van der Waals surface area contributed by atoms with Crippen LogP contribution in [-0.2, 0) is 16.1 Å². The van der Waals surface area contributed by atoms with Crippen molar-refractivity contribution in [1.29, 1.82) is 0 Å². The lowest BCUT2D eigenvalue weighted by Gasteiger charge is -2.19. The zero-order valence-corrected chi connectivity index (χ0v) is 19.5. The van der Waals surface area contributed by atoms with Crippen molar-refractivity contribution in [3.63, 3.8) is 0 Å². The Morgan fingerprint density at radius 2 is 1.79 bits per heavy atom. The monoisotopic (exact) mass is 457 g/mol. The van der Waals surface area contributed by atoms with Gasteiger partial charge in [0, 0.05) is 23.4 Å². The molecule has 0 saturated heterocycles. The van der Waals surface area contributed by atoms with Gasteiger partial charge in [0.15, 0.2) is 0 Å². The van der Waals surface area contributed by atoms with Crippen LogP contribution in [0.2, 0.25) is 0 Å². The molecule has 4 rings (SSSR count). The zero-order valence-electron chi connectivity index (χ0n) is 19.5. The molecule has 0 bridgehead atoms. The second-order valence-electron chi connectivity index (χ2n) is 9.36. The Morgan fingerprint density at radius 3 is 2.50 bits per heavy atom. The number of benzene rings is 3. The van der Waals surface area contributed by atoms with Gasteiger partial charge < -0.3 is 15.4 Å². The van der Waals surface area contributed by atoms with Gasteiger partial charge in [-0.2, -0.15) is 0 Å². The third-order valence-corrected chi connectivity index (χ3v) is 5.57. The number of amides is 3. The van der Waals surface area contributed by atoms with Crippen LogP contribution in [0.25, 0.3) is 21.9 Å². The summed E-state index contributed by atoms with van der Waals surface area (Å²) in [6.45, 7) is 9.58. The van der Waals surface area contributed by atoms with Gasteiger partial charge in [-0.25, -0.2) is 4.79 Å². The van der Waals surface area contributed by atoms with E-state index in [4.69, 9.17) is 10.5 Å². The molecule has 0 radical (unpaired) electrons. The number of hydrogen-bond acceptors (Lipinski definition) is 4. The molecule has 3 N–H and O–H groups in total. The van der Waals surface area contributed by atoms with Crippen LogP contribution in [0, 0.1) is 0 Å². The summed E-state index contributed by atoms with van der Waals surface area (Å²) in [4.78, 5) is 38.0. The first kappa shape index (κ1) is 23.0. The van der Waals surface area contributed by atoms with Crippen molar-refractivity contribution in [3.8, 4) is 11.1 Å². The molecule has 34 heavy (non-hydrogen) atoms. The second-order valence-corrected chi connectivity index (χ2v) is 9.36. The molecule has 3 amide bonds. The van der Waals surface area contributed by atoms with Gasteiger partial charge in [-0.3, -0.25) is 14.9 Å². The van der Waals surface area contributed by atoms with Gasteiger partial charge in [-0.1, -0.05) is 36.9 Å². The summed E-state index contributed by atoms with van der Waals surface area (Å²) in [5.41, 5.74) is 8.91. The molecular weight excluding hydrogens is 430 g/mol. The van der Waals surface area contributed by atoms with E-state index in [2.05, 4.69) is 11.9 Å². The molecular formula is C27H27N3O4. The van der Waals surface area contributed by atoms with Crippen molar-refractivity contribution >= 4 is 34.4 Å². The Labute approximate surface area is 198 Å². The maximum atomic E-state index is 12.9. The number of primary amides is 1. The predicted octanol–water partition coefficient (Wildman–Crippen LogP) is 4.85. The fraction of sp³-hybridized carbons (Fsp3) is 0.222. The van der Waals surface area contributed by atoms with Crippen LogP contribution in [0.3, 0.4) is 0 Å². The molecule has 7 nitrogen and oxygen atoms in total. The molecule has 1 heterocycles. The molecule has 7 heteroatoms. The van der Waals surface area contributed by atoms with Crippen LogP contribution in [0.4, 0.5) is 10.5 Å². The average Bonchev–Trinajstić information content (AvgIpc) is 3.08. The van der Waals surface area contributed by atoms with Crippen molar-refractivity contribution < 1.29 is 19.1 Å². The maximum Gasteiger partial charge on any atom is 0.412 e. The Bertz CT molecular complexity index is 1340. The minimum atomic E-state index is -0.615. The zero-order chi connectivity index (χ0) is 24.6. The molecule has 174 valence electrons. The van der Waals surface area contributed by atoms with Gasteiger partial charge >= 0.3 is 6.09 Å². The molecule has 1 aliphatic rings. The Balaban J connectivity index is 1.64. The molecule has 0 aromatic heterocycles. The molecule has 1 aliphatic heterocycles. The van der Waals surface area contributed by atoms with Gasteiger partial charge in [0.1, 0.15) is 5.60 Å². The predicted molar refractivity (Wildman–Crippen MR) is 132 cm³/mol. The van der Waals surface area contributed by atoms with Gasteiger partial charge in [0.05, 0.1) is 6.54 Å². The minimum Gasteiger partial charge on any atom is -0.444 e. The average molecular weight is 458 g/mol. The molecule has 0 fully saturated rings. The highest BCUT2D eigenvalue weighted by Crippen LogP contribution is 2.34. The lowest BCUT2D eigenvalue weighted by atomic mass is 9.96. The highest BCUT2D eigenvalue weighted by molar-refractivity contribution is 6.05. The van der Waals surface area contributed by atoms with Gasteiger partial charge in [0.2, 0.25) is 5.91 Å². The highest BCUT2D eigenvalue weighted by Gasteiger charge is 2.29. The first-order valence-electron chi connectivity index (χ1n) is 10.9. The quantitative estimate of drug-likeness (QED) is 0.535. The van der Waals surface area contributed by atoms with Crippen LogP contribution in [0.1, 0.15) is 36.7 Å². The number of fused-ring (bicyclic) bond motifs is 3. The molecule has 0 saturated carbocycles. The molecule has 0 unspecified atom stereocenters. The third-order valence-electron chi connectivity index (χ3n) is 5.57. The van der Waals surface area contributed by atoms with Crippen LogP contribution < -0.4 is 11.1 Å². The largest absolute Gasteiger partial charge is 0.444 e. The number of carbonyl (C=O) groups is 3. The van der Waals surface area contributed by atoms with Crippen molar-refractivity contribution in [2.75, 3.05) is 11.9 Å². The number of carbonyl (C=O) groups excluding carboxylic acids is 3. The number of rotatable bonds is 5. The minimum absolute atomic E-state index is 0.0996. The second kappa shape index (κ2) is 8.67. The molecule has 0 atom stereocenters. The van der Waals surface area contributed by atoms with Gasteiger partial charge in [-0.05, 0) is 72.5 Å². The number of hydrogen-bond donors (Lipinski definition) is 2. The Hall–Kier alpha value is -4.13. The highest BCUT2D eigenvalue weighted by atomic mass is 16.6. The number of nitrogens with two attached hydrogens (primary N) is 1. The van der Waals surface area contributed by atoms with Gasteiger partial charge in [-0.15, -0.1) is 0 Å². The van der Waals surface area contributed by atoms with E-state index in [1.807, 2.05) is 69.3 Å². The normalized spacial score (nSPS) is 13.0. The van der Waals surface area contributed by atoms with Crippen LogP contribution >= 0.6 is 0 Å². The number of ether oxygens (including phenoxy) is 1. The Morgan fingerprint density at radius 1 is 1.09 bits per heavy atom. The maximum absolute atomic E-state index is 12.9. The van der Waals surface area contributed by atoms with E-state index in [1.165, 1.54) is 0 Å². The SMILES string of the molecule is C=C(CN1Cc2c(ccc3ccc(-c4cccc(NC(=O)OC(C)(C)C)c4)cc23)C1=O)C(N)=O. The smallest absolute Gasteiger partial charge is 0.412 e.